The van der Waals surface area contributed by atoms with Crippen LogP contribution in [0.15, 0.2) is 45.6 Å². The number of carbonyl (C=O) groups excluding carboxylic acids is 3. The minimum Gasteiger partial charge on any atom is -0.507 e. The third-order valence-corrected chi connectivity index (χ3v) is 4.64. The van der Waals surface area contributed by atoms with Crippen LogP contribution in [0.3, 0.4) is 0 Å². The summed E-state index contributed by atoms with van der Waals surface area (Å²) in [6, 6.07) is 8.30. The van der Waals surface area contributed by atoms with Crippen LogP contribution < -0.4 is 20.2 Å². The molecule has 0 aliphatic rings. The predicted octanol–water partition coefficient (Wildman–Crippen LogP) is 2.76. The smallest absolute Gasteiger partial charge is 0.397 e. The Balaban J connectivity index is 1.80. The molecule has 1 amide bonds. The normalized spacial score (nSPS) is 10.5. The number of anilines is 1. The van der Waals surface area contributed by atoms with Gasteiger partial charge in [0.25, 0.3) is 0 Å². The molecule has 0 spiro atoms. The summed E-state index contributed by atoms with van der Waals surface area (Å²) in [5, 5.41) is 12.6. The standard InChI is InChI=1S/C24H23NO10/c1-4-32-23(29)20-11-17(27)21-16(26)9-14(10-19(21)35-20)34-12-13-6-7-15(18(8-13)31-3)25-22(28)24(30)33-5-2/h6-11,26H,4-5,12H2,1-3H3,(H,25,28). The number of phenolic OH excluding ortho intramolecular Hbond substituents is 1. The van der Waals surface area contributed by atoms with Gasteiger partial charge in [0, 0.05) is 18.2 Å². The third-order valence-electron chi connectivity index (χ3n) is 4.64. The van der Waals surface area contributed by atoms with Gasteiger partial charge in [-0.1, -0.05) is 6.07 Å². The van der Waals surface area contributed by atoms with Crippen LogP contribution in [0.2, 0.25) is 0 Å². The number of phenols is 1. The second-order valence-corrected chi connectivity index (χ2v) is 7.01. The number of hydrogen-bond acceptors (Lipinski definition) is 10. The van der Waals surface area contributed by atoms with Crippen molar-refractivity contribution in [1.82, 2.24) is 0 Å². The first-order valence-electron chi connectivity index (χ1n) is 10.5. The fourth-order valence-electron chi connectivity index (χ4n) is 3.09. The molecule has 35 heavy (non-hydrogen) atoms. The van der Waals surface area contributed by atoms with Crippen LogP contribution in [0.1, 0.15) is 30.0 Å². The molecule has 11 nitrogen and oxygen atoms in total. The Bertz CT molecular complexity index is 1330. The summed E-state index contributed by atoms with van der Waals surface area (Å²) in [5.41, 5.74) is 0.219. The second kappa shape index (κ2) is 11.1. The summed E-state index contributed by atoms with van der Waals surface area (Å²) in [6.07, 6.45) is 0. The minimum atomic E-state index is -1.02. The predicted molar refractivity (Wildman–Crippen MR) is 123 cm³/mol. The van der Waals surface area contributed by atoms with Crippen LogP contribution in [-0.4, -0.2) is 43.3 Å². The summed E-state index contributed by atoms with van der Waals surface area (Å²) in [7, 11) is 1.39. The highest BCUT2D eigenvalue weighted by Crippen LogP contribution is 2.30. The molecule has 2 N–H and O–H groups in total. The lowest BCUT2D eigenvalue weighted by Gasteiger charge is -2.13. The molecule has 1 heterocycles. The van der Waals surface area contributed by atoms with Crippen LogP contribution in [0, 0.1) is 0 Å². The molecule has 0 fully saturated rings. The SMILES string of the molecule is CCOC(=O)C(=O)Nc1ccc(COc2cc(O)c3c(=O)cc(C(=O)OCC)oc3c2)cc1OC. The lowest BCUT2D eigenvalue weighted by Crippen LogP contribution is -2.25. The lowest BCUT2D eigenvalue weighted by molar-refractivity contribution is -0.152. The molecular formula is C24H23NO10. The number of hydrogen-bond donors (Lipinski definition) is 2. The van der Waals surface area contributed by atoms with E-state index in [1.165, 1.54) is 25.3 Å². The van der Waals surface area contributed by atoms with Gasteiger partial charge >= 0.3 is 17.8 Å². The molecular weight excluding hydrogens is 462 g/mol. The van der Waals surface area contributed by atoms with E-state index in [9.17, 15) is 24.3 Å². The number of carbonyl (C=O) groups is 3. The number of benzene rings is 2. The maximum Gasteiger partial charge on any atom is 0.397 e. The van der Waals surface area contributed by atoms with E-state index < -0.39 is 23.3 Å². The Kier molecular flexibility index (Phi) is 7.92. The van der Waals surface area contributed by atoms with E-state index in [1.807, 2.05) is 0 Å². The molecule has 2 aromatic carbocycles. The maximum absolute atomic E-state index is 12.3. The van der Waals surface area contributed by atoms with Crippen LogP contribution in [-0.2, 0) is 25.7 Å². The van der Waals surface area contributed by atoms with Crippen LogP contribution in [0.5, 0.6) is 17.2 Å². The van der Waals surface area contributed by atoms with E-state index in [0.717, 1.165) is 6.07 Å². The number of rotatable bonds is 8. The van der Waals surface area contributed by atoms with E-state index in [4.69, 9.17) is 18.6 Å². The molecule has 0 saturated carbocycles. The van der Waals surface area contributed by atoms with Gasteiger partial charge in [-0.25, -0.2) is 9.59 Å². The van der Waals surface area contributed by atoms with Gasteiger partial charge in [0.05, 0.1) is 26.0 Å². The molecule has 0 saturated heterocycles. The summed E-state index contributed by atoms with van der Waals surface area (Å²) < 4.78 is 25.9. The fourth-order valence-corrected chi connectivity index (χ4v) is 3.09. The Morgan fingerprint density at radius 3 is 2.46 bits per heavy atom. The molecule has 3 rings (SSSR count). The van der Waals surface area contributed by atoms with Gasteiger partial charge in [0.1, 0.15) is 34.8 Å². The van der Waals surface area contributed by atoms with E-state index in [0.29, 0.717) is 5.56 Å². The summed E-state index contributed by atoms with van der Waals surface area (Å²) >= 11 is 0. The highest BCUT2D eigenvalue weighted by atomic mass is 16.5. The van der Waals surface area contributed by atoms with Gasteiger partial charge in [0.2, 0.25) is 5.76 Å². The van der Waals surface area contributed by atoms with Gasteiger partial charge in [-0.15, -0.1) is 0 Å². The van der Waals surface area contributed by atoms with Crippen molar-refractivity contribution in [3.05, 3.63) is 57.9 Å². The van der Waals surface area contributed by atoms with Crippen molar-refractivity contribution >= 4 is 34.5 Å². The van der Waals surface area contributed by atoms with Crippen molar-refractivity contribution < 1.29 is 42.9 Å². The van der Waals surface area contributed by atoms with Gasteiger partial charge in [0.15, 0.2) is 5.43 Å². The zero-order chi connectivity index (χ0) is 25.5. The Labute approximate surface area is 199 Å². The number of fused-ring (bicyclic) bond motifs is 1. The van der Waals surface area contributed by atoms with E-state index in [-0.39, 0.29) is 59.5 Å². The van der Waals surface area contributed by atoms with Gasteiger partial charge < -0.3 is 33.8 Å². The molecule has 1 aromatic heterocycles. The number of esters is 2. The highest BCUT2D eigenvalue weighted by Gasteiger charge is 2.18. The molecule has 0 aliphatic carbocycles. The van der Waals surface area contributed by atoms with E-state index in [1.54, 1.807) is 26.0 Å². The number of aromatic hydroxyl groups is 1. The number of ether oxygens (including phenoxy) is 4. The van der Waals surface area contributed by atoms with Crippen molar-refractivity contribution in [3.8, 4) is 17.2 Å². The lowest BCUT2D eigenvalue weighted by atomic mass is 10.1. The topological polar surface area (TPSA) is 151 Å². The molecule has 3 aromatic rings. The van der Waals surface area contributed by atoms with Crippen molar-refractivity contribution in [2.45, 2.75) is 20.5 Å². The fraction of sp³-hybridized carbons (Fsp3) is 0.250. The van der Waals surface area contributed by atoms with Crippen LogP contribution in [0.25, 0.3) is 11.0 Å². The molecule has 0 bridgehead atoms. The molecule has 0 aliphatic heterocycles. The second-order valence-electron chi connectivity index (χ2n) is 7.01. The third kappa shape index (κ3) is 5.88. The molecule has 0 atom stereocenters. The molecule has 0 radical (unpaired) electrons. The largest absolute Gasteiger partial charge is 0.507 e. The number of methoxy groups -OCH3 is 1. The van der Waals surface area contributed by atoms with E-state index >= 15 is 0 Å². The van der Waals surface area contributed by atoms with Crippen molar-refractivity contribution in [3.63, 3.8) is 0 Å². The average Bonchev–Trinajstić information content (AvgIpc) is 2.83. The Hall–Kier alpha value is -4.54. The summed E-state index contributed by atoms with van der Waals surface area (Å²) in [4.78, 5) is 47.7. The summed E-state index contributed by atoms with van der Waals surface area (Å²) in [6.45, 7) is 3.38. The van der Waals surface area contributed by atoms with Crippen molar-refractivity contribution in [1.29, 1.82) is 0 Å². The van der Waals surface area contributed by atoms with Gasteiger partial charge in [-0.3, -0.25) is 9.59 Å². The first kappa shape index (κ1) is 25.1. The first-order chi connectivity index (χ1) is 16.8. The molecule has 184 valence electrons. The van der Waals surface area contributed by atoms with Crippen molar-refractivity contribution in [2.24, 2.45) is 0 Å². The Morgan fingerprint density at radius 2 is 1.77 bits per heavy atom. The number of nitrogens with one attached hydrogen (secondary N) is 1. The van der Waals surface area contributed by atoms with Crippen LogP contribution in [0.4, 0.5) is 5.69 Å². The van der Waals surface area contributed by atoms with Gasteiger partial charge in [-0.2, -0.15) is 0 Å². The quantitative estimate of drug-likeness (QED) is 0.360. The average molecular weight is 485 g/mol. The number of amides is 1. The zero-order valence-corrected chi connectivity index (χ0v) is 19.2. The Morgan fingerprint density at radius 1 is 1.03 bits per heavy atom. The first-order valence-corrected chi connectivity index (χ1v) is 10.5. The monoisotopic (exact) mass is 485 g/mol. The molecule has 0 unspecified atom stereocenters. The zero-order valence-electron chi connectivity index (χ0n) is 19.2. The van der Waals surface area contributed by atoms with Crippen LogP contribution >= 0.6 is 0 Å². The van der Waals surface area contributed by atoms with E-state index in [2.05, 4.69) is 10.1 Å². The maximum atomic E-state index is 12.3. The summed E-state index contributed by atoms with van der Waals surface area (Å²) in [5.74, 6) is -3.00. The van der Waals surface area contributed by atoms with Crippen molar-refractivity contribution in [2.75, 3.05) is 25.6 Å². The highest BCUT2D eigenvalue weighted by molar-refractivity contribution is 6.37. The van der Waals surface area contributed by atoms with Gasteiger partial charge in [-0.05, 0) is 31.5 Å². The molecule has 11 heteroatoms. The minimum absolute atomic E-state index is 0.00914.